The van der Waals surface area contributed by atoms with E-state index in [0.29, 0.717) is 23.3 Å². The zero-order chi connectivity index (χ0) is 18.8. The monoisotopic (exact) mass is 371 g/mol. The third-order valence-corrected chi connectivity index (χ3v) is 4.96. The minimum Gasteiger partial charge on any atom is -0.454 e. The van der Waals surface area contributed by atoms with Crippen LogP contribution < -0.4 is 15.8 Å². The number of aromatic nitrogens is 1. The molecule has 2 saturated heterocycles. The van der Waals surface area contributed by atoms with Crippen molar-refractivity contribution in [3.05, 3.63) is 42.3 Å². The van der Waals surface area contributed by atoms with Gasteiger partial charge in [-0.1, -0.05) is 0 Å². The second kappa shape index (κ2) is 7.40. The van der Waals surface area contributed by atoms with Crippen LogP contribution in [-0.4, -0.2) is 53.0 Å². The minimum absolute atomic E-state index is 0.0591. The van der Waals surface area contributed by atoms with Gasteiger partial charge in [-0.3, -0.25) is 10.2 Å². The summed E-state index contributed by atoms with van der Waals surface area (Å²) in [5.41, 5.74) is 5.86. The Labute approximate surface area is 156 Å². The Morgan fingerprint density at radius 3 is 2.74 bits per heavy atom. The van der Waals surface area contributed by atoms with Gasteiger partial charge in [-0.15, -0.1) is 0 Å². The Kier molecular flexibility index (Phi) is 4.81. The first-order valence-corrected chi connectivity index (χ1v) is 9.07. The molecule has 2 aliphatic rings. The number of amides is 2. The minimum atomic E-state index is -0.550. The van der Waals surface area contributed by atoms with Crippen LogP contribution in [0, 0.1) is 5.82 Å². The Morgan fingerprint density at radius 2 is 2.00 bits per heavy atom. The molecule has 2 amide bonds. The van der Waals surface area contributed by atoms with E-state index in [2.05, 4.69) is 15.2 Å². The number of nitrogens with two attached hydrogens (primary N) is 1. The number of benzene rings is 1. The number of nitrogens with zero attached hydrogens (tertiary/aromatic N) is 3. The van der Waals surface area contributed by atoms with E-state index in [1.165, 1.54) is 31.2 Å². The second-order valence-electron chi connectivity index (χ2n) is 6.90. The van der Waals surface area contributed by atoms with Gasteiger partial charge < -0.3 is 15.4 Å². The molecule has 2 fully saturated rings. The van der Waals surface area contributed by atoms with E-state index in [1.54, 1.807) is 23.1 Å². The number of carbonyl (C=O) groups excluding carboxylic acids is 1. The highest BCUT2D eigenvalue weighted by Gasteiger charge is 2.35. The average Bonchev–Trinajstić information content (AvgIpc) is 3.10. The maximum Gasteiger partial charge on any atom is 0.323 e. The van der Waals surface area contributed by atoms with Gasteiger partial charge >= 0.3 is 6.03 Å². The molecule has 0 radical (unpaired) electrons. The first-order chi connectivity index (χ1) is 13.1. The molecule has 7 nitrogen and oxygen atoms in total. The highest BCUT2D eigenvalue weighted by atomic mass is 19.1. The van der Waals surface area contributed by atoms with Crippen LogP contribution in [0.15, 0.2) is 36.5 Å². The van der Waals surface area contributed by atoms with E-state index < -0.39 is 5.82 Å². The van der Waals surface area contributed by atoms with Gasteiger partial charge in [0.05, 0.1) is 0 Å². The van der Waals surface area contributed by atoms with Crippen molar-refractivity contribution < 1.29 is 13.9 Å². The van der Waals surface area contributed by atoms with E-state index in [0.717, 1.165) is 26.2 Å². The summed E-state index contributed by atoms with van der Waals surface area (Å²) in [6, 6.07) is 7.65. The first kappa shape index (κ1) is 17.5. The summed E-state index contributed by atoms with van der Waals surface area (Å²) >= 11 is 0. The van der Waals surface area contributed by atoms with Gasteiger partial charge in [-0.25, -0.2) is 14.2 Å². The molecule has 0 unspecified atom stereocenters. The number of urea groups is 1. The molecule has 2 aromatic rings. The van der Waals surface area contributed by atoms with Crippen LogP contribution in [-0.2, 0) is 0 Å². The molecular formula is C19H22FN5O2. The summed E-state index contributed by atoms with van der Waals surface area (Å²) in [6.45, 7) is 3.73. The Bertz CT molecular complexity index is 835. The summed E-state index contributed by atoms with van der Waals surface area (Å²) in [6.07, 6.45) is 3.99. The van der Waals surface area contributed by atoms with Crippen molar-refractivity contribution >= 4 is 17.5 Å². The predicted molar refractivity (Wildman–Crippen MR) is 100 cm³/mol. The highest BCUT2D eigenvalue weighted by Crippen LogP contribution is 2.27. The van der Waals surface area contributed by atoms with Crippen LogP contribution >= 0.6 is 0 Å². The van der Waals surface area contributed by atoms with Crippen LogP contribution in [0.1, 0.15) is 12.8 Å². The van der Waals surface area contributed by atoms with E-state index >= 15 is 0 Å². The van der Waals surface area contributed by atoms with Crippen molar-refractivity contribution in [2.45, 2.75) is 18.9 Å². The molecule has 1 aromatic carbocycles. The Hall–Kier alpha value is -2.87. The maximum atomic E-state index is 13.9. The van der Waals surface area contributed by atoms with E-state index in [9.17, 15) is 9.18 Å². The largest absolute Gasteiger partial charge is 0.454 e. The molecule has 0 bridgehead atoms. The fraction of sp³-hybridized carbons (Fsp3) is 0.368. The smallest absolute Gasteiger partial charge is 0.323 e. The van der Waals surface area contributed by atoms with Gasteiger partial charge in [0.25, 0.3) is 0 Å². The summed E-state index contributed by atoms with van der Waals surface area (Å²) in [5, 5.41) is 2.77. The number of likely N-dealkylation sites (tertiary alicyclic amines) is 2. The lowest BCUT2D eigenvalue weighted by atomic mass is 10.1. The number of hydrogen-bond acceptors (Lipinski definition) is 5. The number of nitrogen functional groups attached to an aromatic ring is 1. The summed E-state index contributed by atoms with van der Waals surface area (Å²) in [4.78, 5) is 20.7. The molecule has 2 aliphatic heterocycles. The highest BCUT2D eigenvalue weighted by molar-refractivity contribution is 5.89. The molecule has 1 aromatic heterocycles. The average molecular weight is 371 g/mol. The van der Waals surface area contributed by atoms with Gasteiger partial charge in [0, 0.05) is 43.1 Å². The van der Waals surface area contributed by atoms with Crippen LogP contribution in [0.25, 0.3) is 0 Å². The van der Waals surface area contributed by atoms with Crippen molar-refractivity contribution in [3.63, 3.8) is 0 Å². The lowest BCUT2D eigenvalue weighted by molar-refractivity contribution is 0.0775. The first-order valence-electron chi connectivity index (χ1n) is 9.07. The van der Waals surface area contributed by atoms with Crippen LogP contribution in [0.4, 0.5) is 20.7 Å². The van der Waals surface area contributed by atoms with Crippen molar-refractivity contribution in [3.8, 4) is 11.5 Å². The number of halogens is 1. The molecule has 4 rings (SSSR count). The molecule has 142 valence electrons. The quantitative estimate of drug-likeness (QED) is 0.808. The number of carbonyl (C=O) groups is 1. The van der Waals surface area contributed by atoms with Gasteiger partial charge in [0.1, 0.15) is 11.6 Å². The van der Waals surface area contributed by atoms with E-state index in [-0.39, 0.29) is 11.8 Å². The molecule has 0 spiro atoms. The molecular weight excluding hydrogens is 349 g/mol. The summed E-state index contributed by atoms with van der Waals surface area (Å²) in [5.74, 6) is 0.246. The number of rotatable bonds is 4. The van der Waals surface area contributed by atoms with E-state index in [4.69, 9.17) is 10.5 Å². The molecule has 3 heterocycles. The fourth-order valence-corrected chi connectivity index (χ4v) is 3.42. The number of pyridine rings is 1. The van der Waals surface area contributed by atoms with E-state index in [1.807, 2.05) is 0 Å². The molecule has 0 atom stereocenters. The number of ether oxygens (including phenoxy) is 1. The van der Waals surface area contributed by atoms with Crippen molar-refractivity contribution in [2.24, 2.45) is 0 Å². The second-order valence-corrected chi connectivity index (χ2v) is 6.90. The topological polar surface area (TPSA) is 83.7 Å². The van der Waals surface area contributed by atoms with Gasteiger partial charge in [0.2, 0.25) is 0 Å². The zero-order valence-corrected chi connectivity index (χ0v) is 14.9. The SMILES string of the molecule is Nc1ccc(Oc2ccnc(NC(=O)N3CC(N4CCCC4)C3)c2)c(F)c1. The molecule has 3 N–H and O–H groups in total. The number of hydrogen-bond donors (Lipinski definition) is 2. The van der Waals surface area contributed by atoms with Gasteiger partial charge in [0.15, 0.2) is 11.6 Å². The lowest BCUT2D eigenvalue weighted by Crippen LogP contribution is -2.61. The summed E-state index contributed by atoms with van der Waals surface area (Å²) < 4.78 is 19.4. The van der Waals surface area contributed by atoms with Crippen LogP contribution in [0.2, 0.25) is 0 Å². The van der Waals surface area contributed by atoms with Crippen molar-refractivity contribution in [2.75, 3.05) is 37.2 Å². The fourth-order valence-electron chi connectivity index (χ4n) is 3.42. The van der Waals surface area contributed by atoms with Gasteiger partial charge in [-0.05, 0) is 44.1 Å². The molecule has 0 aliphatic carbocycles. The third kappa shape index (κ3) is 3.95. The third-order valence-electron chi connectivity index (χ3n) is 4.96. The normalized spacial score (nSPS) is 17.6. The summed E-state index contributed by atoms with van der Waals surface area (Å²) in [7, 11) is 0. The zero-order valence-electron chi connectivity index (χ0n) is 14.9. The number of nitrogens with one attached hydrogen (secondary N) is 1. The van der Waals surface area contributed by atoms with Gasteiger partial charge in [-0.2, -0.15) is 0 Å². The van der Waals surface area contributed by atoms with Crippen LogP contribution in [0.3, 0.4) is 0 Å². The standard InChI is InChI=1S/C19H22FN5O2/c20-16-9-13(21)3-4-17(16)27-15-5-6-22-18(10-15)23-19(26)25-11-14(12-25)24-7-1-2-8-24/h3-6,9-10,14H,1-2,7-8,11-12,21H2,(H,22,23,26). The Balaban J connectivity index is 1.34. The molecule has 8 heteroatoms. The van der Waals surface area contributed by atoms with Crippen molar-refractivity contribution in [1.82, 2.24) is 14.8 Å². The number of anilines is 2. The lowest BCUT2D eigenvalue weighted by Gasteiger charge is -2.43. The maximum absolute atomic E-state index is 13.9. The Morgan fingerprint density at radius 1 is 1.22 bits per heavy atom. The van der Waals surface area contributed by atoms with Crippen LogP contribution in [0.5, 0.6) is 11.5 Å². The predicted octanol–water partition coefficient (Wildman–Crippen LogP) is 2.91. The van der Waals surface area contributed by atoms with Crippen molar-refractivity contribution in [1.29, 1.82) is 0 Å². The molecule has 27 heavy (non-hydrogen) atoms. The molecule has 0 saturated carbocycles.